The van der Waals surface area contributed by atoms with E-state index in [0.29, 0.717) is 11.1 Å². The monoisotopic (exact) mass is 319 g/mol. The Kier molecular flexibility index (Phi) is 5.39. The van der Waals surface area contributed by atoms with Gasteiger partial charge in [-0.3, -0.25) is 4.79 Å². The standard InChI is InChI=1S/C17H21NO5/c1-10(2)14(17(20)22-4)18-16(19)15-12(9-21-3)11-7-5-6-8-13(11)23-15/h5-8,10,14H,9H2,1-4H3,(H,18,19). The summed E-state index contributed by atoms with van der Waals surface area (Å²) in [6, 6.07) is 6.60. The summed E-state index contributed by atoms with van der Waals surface area (Å²) in [7, 11) is 2.84. The first-order valence-electron chi connectivity index (χ1n) is 7.37. The van der Waals surface area contributed by atoms with Crippen LogP contribution in [0.1, 0.15) is 30.0 Å². The van der Waals surface area contributed by atoms with E-state index in [-0.39, 0.29) is 18.3 Å². The molecule has 1 amide bonds. The van der Waals surface area contributed by atoms with Crippen LogP contribution < -0.4 is 5.32 Å². The van der Waals surface area contributed by atoms with Crippen LogP contribution in [0.25, 0.3) is 11.0 Å². The molecule has 23 heavy (non-hydrogen) atoms. The highest BCUT2D eigenvalue weighted by Crippen LogP contribution is 2.26. The summed E-state index contributed by atoms with van der Waals surface area (Å²) in [6.07, 6.45) is 0. The second kappa shape index (κ2) is 7.28. The van der Waals surface area contributed by atoms with Gasteiger partial charge in [0.2, 0.25) is 0 Å². The quantitative estimate of drug-likeness (QED) is 0.828. The highest BCUT2D eigenvalue weighted by atomic mass is 16.5. The minimum absolute atomic E-state index is 0.110. The molecule has 1 atom stereocenters. The van der Waals surface area contributed by atoms with Crippen LogP contribution in [-0.2, 0) is 20.9 Å². The molecule has 0 aliphatic heterocycles. The van der Waals surface area contributed by atoms with Crippen molar-refractivity contribution in [1.82, 2.24) is 5.32 Å². The minimum Gasteiger partial charge on any atom is -0.467 e. The Balaban J connectivity index is 2.36. The first-order chi connectivity index (χ1) is 11.0. The molecule has 1 aromatic carbocycles. The second-order valence-electron chi connectivity index (χ2n) is 5.56. The molecule has 1 aromatic heterocycles. The third-order valence-electron chi connectivity index (χ3n) is 3.60. The van der Waals surface area contributed by atoms with Gasteiger partial charge in [0.05, 0.1) is 13.7 Å². The molecular weight excluding hydrogens is 298 g/mol. The van der Waals surface area contributed by atoms with Gasteiger partial charge >= 0.3 is 5.97 Å². The highest BCUT2D eigenvalue weighted by molar-refractivity contribution is 6.00. The molecule has 0 radical (unpaired) electrons. The Bertz CT molecular complexity index is 704. The molecule has 2 aromatic rings. The maximum absolute atomic E-state index is 12.6. The number of ether oxygens (including phenoxy) is 2. The zero-order valence-corrected chi connectivity index (χ0v) is 13.7. The number of amides is 1. The van der Waals surface area contributed by atoms with Gasteiger partial charge in [0.1, 0.15) is 11.6 Å². The summed E-state index contributed by atoms with van der Waals surface area (Å²) >= 11 is 0. The number of fused-ring (bicyclic) bond motifs is 1. The molecule has 6 heteroatoms. The van der Waals surface area contributed by atoms with Gasteiger partial charge in [-0.05, 0) is 12.0 Å². The van der Waals surface area contributed by atoms with Gasteiger partial charge in [-0.1, -0.05) is 32.0 Å². The number of carbonyl (C=O) groups is 2. The van der Waals surface area contributed by atoms with E-state index in [1.165, 1.54) is 7.11 Å². The summed E-state index contributed by atoms with van der Waals surface area (Å²) < 4.78 is 15.6. The van der Waals surface area contributed by atoms with E-state index in [1.54, 1.807) is 13.2 Å². The zero-order chi connectivity index (χ0) is 17.0. The van der Waals surface area contributed by atoms with Crippen molar-refractivity contribution < 1.29 is 23.5 Å². The van der Waals surface area contributed by atoms with Gasteiger partial charge in [0.15, 0.2) is 5.76 Å². The summed E-state index contributed by atoms with van der Waals surface area (Å²) in [5, 5.41) is 3.50. The third-order valence-corrected chi connectivity index (χ3v) is 3.60. The van der Waals surface area contributed by atoms with Crippen LogP contribution in [-0.4, -0.2) is 32.1 Å². The Morgan fingerprint density at radius 1 is 1.22 bits per heavy atom. The van der Waals surface area contributed by atoms with E-state index in [1.807, 2.05) is 32.0 Å². The SMILES string of the molecule is COCc1c(C(=O)NC(C(=O)OC)C(C)C)oc2ccccc12. The normalized spacial score (nSPS) is 12.4. The molecule has 1 N–H and O–H groups in total. The number of hydrogen-bond donors (Lipinski definition) is 1. The van der Waals surface area contributed by atoms with Crippen molar-refractivity contribution in [3.8, 4) is 0 Å². The van der Waals surface area contributed by atoms with E-state index < -0.39 is 17.9 Å². The maximum Gasteiger partial charge on any atom is 0.328 e. The lowest BCUT2D eigenvalue weighted by Crippen LogP contribution is -2.45. The molecular formula is C17H21NO5. The van der Waals surface area contributed by atoms with Crippen molar-refractivity contribution in [2.45, 2.75) is 26.5 Å². The van der Waals surface area contributed by atoms with Gasteiger partial charge in [0.25, 0.3) is 5.91 Å². The van der Waals surface area contributed by atoms with Crippen LogP contribution in [0.5, 0.6) is 0 Å². The number of furan rings is 1. The molecule has 6 nitrogen and oxygen atoms in total. The summed E-state index contributed by atoms with van der Waals surface area (Å²) in [4.78, 5) is 24.4. The van der Waals surface area contributed by atoms with E-state index in [9.17, 15) is 9.59 Å². The number of nitrogens with one attached hydrogen (secondary N) is 1. The fraction of sp³-hybridized carbons (Fsp3) is 0.412. The topological polar surface area (TPSA) is 77.8 Å². The first-order valence-corrected chi connectivity index (χ1v) is 7.37. The van der Waals surface area contributed by atoms with Crippen molar-refractivity contribution in [3.05, 3.63) is 35.6 Å². The van der Waals surface area contributed by atoms with Crippen LogP contribution in [0, 0.1) is 5.92 Å². The van der Waals surface area contributed by atoms with Gasteiger partial charge < -0.3 is 19.2 Å². The largest absolute Gasteiger partial charge is 0.467 e. The van der Waals surface area contributed by atoms with Crippen LogP contribution in [0.3, 0.4) is 0 Å². The average molecular weight is 319 g/mol. The van der Waals surface area contributed by atoms with Crippen molar-refractivity contribution >= 4 is 22.8 Å². The minimum atomic E-state index is -0.740. The van der Waals surface area contributed by atoms with E-state index in [0.717, 1.165) is 5.39 Å². The molecule has 2 rings (SSSR count). The van der Waals surface area contributed by atoms with E-state index in [2.05, 4.69) is 5.32 Å². The molecule has 0 fully saturated rings. The van der Waals surface area contributed by atoms with Crippen molar-refractivity contribution in [1.29, 1.82) is 0 Å². The molecule has 0 saturated carbocycles. The Hall–Kier alpha value is -2.34. The molecule has 1 heterocycles. The molecule has 0 aliphatic carbocycles. The van der Waals surface area contributed by atoms with Crippen LogP contribution in [0.4, 0.5) is 0 Å². The Morgan fingerprint density at radius 3 is 2.52 bits per heavy atom. The van der Waals surface area contributed by atoms with Gasteiger partial charge in [-0.2, -0.15) is 0 Å². The number of para-hydroxylation sites is 1. The number of benzene rings is 1. The molecule has 0 bridgehead atoms. The van der Waals surface area contributed by atoms with E-state index in [4.69, 9.17) is 13.9 Å². The number of hydrogen-bond acceptors (Lipinski definition) is 5. The summed E-state index contributed by atoms with van der Waals surface area (Å²) in [6.45, 7) is 3.90. The fourth-order valence-electron chi connectivity index (χ4n) is 2.40. The highest BCUT2D eigenvalue weighted by Gasteiger charge is 2.28. The van der Waals surface area contributed by atoms with Crippen molar-refractivity contribution in [3.63, 3.8) is 0 Å². The van der Waals surface area contributed by atoms with Gasteiger partial charge in [-0.25, -0.2) is 4.79 Å². The lowest BCUT2D eigenvalue weighted by molar-refractivity contribution is -0.144. The van der Waals surface area contributed by atoms with E-state index >= 15 is 0 Å². The lowest BCUT2D eigenvalue weighted by Gasteiger charge is -2.19. The van der Waals surface area contributed by atoms with Crippen LogP contribution in [0.15, 0.2) is 28.7 Å². The number of carbonyl (C=O) groups excluding carboxylic acids is 2. The molecule has 0 spiro atoms. The smallest absolute Gasteiger partial charge is 0.328 e. The maximum atomic E-state index is 12.6. The summed E-state index contributed by atoms with van der Waals surface area (Å²) in [5.41, 5.74) is 1.26. The number of rotatable bonds is 6. The molecule has 0 saturated heterocycles. The van der Waals surface area contributed by atoms with Crippen LogP contribution >= 0.6 is 0 Å². The number of esters is 1. The van der Waals surface area contributed by atoms with Crippen LogP contribution in [0.2, 0.25) is 0 Å². The van der Waals surface area contributed by atoms with Gasteiger partial charge in [0, 0.05) is 18.1 Å². The van der Waals surface area contributed by atoms with Gasteiger partial charge in [-0.15, -0.1) is 0 Å². The predicted octanol–water partition coefficient (Wildman–Crippen LogP) is 2.51. The molecule has 0 aliphatic rings. The lowest BCUT2D eigenvalue weighted by atomic mass is 10.0. The second-order valence-corrected chi connectivity index (χ2v) is 5.56. The number of methoxy groups -OCH3 is 2. The third kappa shape index (κ3) is 3.53. The average Bonchev–Trinajstić information content (AvgIpc) is 2.91. The summed E-state index contributed by atoms with van der Waals surface area (Å²) in [5.74, 6) is -0.903. The Labute approximate surface area is 134 Å². The molecule has 1 unspecified atom stereocenters. The van der Waals surface area contributed by atoms with Crippen molar-refractivity contribution in [2.24, 2.45) is 5.92 Å². The zero-order valence-electron chi connectivity index (χ0n) is 13.7. The van der Waals surface area contributed by atoms with Crippen molar-refractivity contribution in [2.75, 3.05) is 14.2 Å². The predicted molar refractivity (Wildman–Crippen MR) is 85.0 cm³/mol. The first kappa shape index (κ1) is 17.0. The Morgan fingerprint density at radius 2 is 1.91 bits per heavy atom. The fourth-order valence-corrected chi connectivity index (χ4v) is 2.40. The molecule has 124 valence electrons.